The molecule has 1 aromatic heterocycles. The maximum Gasteiger partial charge on any atom is 0.435 e. The quantitative estimate of drug-likeness (QED) is 0.573. The van der Waals surface area contributed by atoms with Crippen molar-refractivity contribution in [2.75, 3.05) is 0 Å². The molecule has 8 heteroatoms. The van der Waals surface area contributed by atoms with Crippen LogP contribution in [0.25, 0.3) is 0 Å². The first kappa shape index (κ1) is 18.4. The Hall–Kier alpha value is -1.65. The molecule has 0 aromatic carbocycles. The summed E-state index contributed by atoms with van der Waals surface area (Å²) in [6.07, 6.45) is -9.40. The van der Waals surface area contributed by atoms with Crippen molar-refractivity contribution in [3.8, 4) is 11.8 Å². The monoisotopic (exact) mass is 326 g/mol. The zero-order chi connectivity index (χ0) is 17.3. The number of hydrogen-bond acceptors (Lipinski definition) is 1. The van der Waals surface area contributed by atoms with E-state index in [0.717, 1.165) is 7.05 Å². The van der Waals surface area contributed by atoms with Crippen LogP contribution in [0.4, 0.5) is 26.3 Å². The fourth-order valence-corrected chi connectivity index (χ4v) is 2.16. The third-order valence-corrected chi connectivity index (χ3v) is 3.33. The van der Waals surface area contributed by atoms with Crippen molar-refractivity contribution in [2.24, 2.45) is 13.0 Å². The molecule has 0 aliphatic heterocycles. The summed E-state index contributed by atoms with van der Waals surface area (Å²) in [6.45, 7) is 4.55. The zero-order valence-electron chi connectivity index (χ0n) is 12.5. The van der Waals surface area contributed by atoms with Crippen molar-refractivity contribution in [1.29, 1.82) is 0 Å². The van der Waals surface area contributed by atoms with Gasteiger partial charge in [0.05, 0.1) is 0 Å². The molecule has 2 unspecified atom stereocenters. The Morgan fingerprint density at radius 2 is 1.64 bits per heavy atom. The summed E-state index contributed by atoms with van der Waals surface area (Å²) in [7, 11) is 0.858. The first-order valence-corrected chi connectivity index (χ1v) is 6.60. The van der Waals surface area contributed by atoms with E-state index >= 15 is 0 Å². The standard InChI is InChI=1S/C14H16F6N2/c1-5-6-7-8(2)9(3)10-11(13(15,16)17)21-22(4)12(10)14(18,19)20/h8-9H,5H2,1-4H3. The van der Waals surface area contributed by atoms with Crippen LogP contribution in [0.2, 0.25) is 0 Å². The predicted octanol–water partition coefficient (Wildman–Crippen LogP) is 4.61. The molecule has 0 spiro atoms. The lowest BCUT2D eigenvalue weighted by Gasteiger charge is -2.19. The van der Waals surface area contributed by atoms with Crippen LogP contribution in [0, 0.1) is 17.8 Å². The molecule has 0 saturated heterocycles. The van der Waals surface area contributed by atoms with Gasteiger partial charge in [0.1, 0.15) is 5.69 Å². The van der Waals surface area contributed by atoms with Gasteiger partial charge >= 0.3 is 12.4 Å². The van der Waals surface area contributed by atoms with Crippen LogP contribution in [0.15, 0.2) is 0 Å². The zero-order valence-corrected chi connectivity index (χ0v) is 12.5. The van der Waals surface area contributed by atoms with Gasteiger partial charge in [-0.1, -0.05) is 26.7 Å². The summed E-state index contributed by atoms with van der Waals surface area (Å²) in [5.41, 5.74) is -3.72. The molecule has 0 bridgehead atoms. The van der Waals surface area contributed by atoms with Gasteiger partial charge in [-0.25, -0.2) is 0 Å². The summed E-state index contributed by atoms with van der Waals surface area (Å²) < 4.78 is 78.7. The number of hydrogen-bond donors (Lipinski definition) is 0. The van der Waals surface area contributed by atoms with Gasteiger partial charge in [-0.3, -0.25) is 4.68 Å². The van der Waals surface area contributed by atoms with Gasteiger partial charge in [0.15, 0.2) is 5.69 Å². The Balaban J connectivity index is 3.55. The molecule has 0 aliphatic rings. The highest BCUT2D eigenvalue weighted by Crippen LogP contribution is 2.43. The summed E-state index contributed by atoms with van der Waals surface area (Å²) in [5.74, 6) is 3.64. The van der Waals surface area contributed by atoms with Crippen LogP contribution < -0.4 is 0 Å². The van der Waals surface area contributed by atoms with Gasteiger partial charge in [0.2, 0.25) is 0 Å². The van der Waals surface area contributed by atoms with E-state index in [4.69, 9.17) is 0 Å². The first-order valence-electron chi connectivity index (χ1n) is 6.60. The number of rotatable bonds is 2. The highest BCUT2D eigenvalue weighted by molar-refractivity contribution is 5.35. The Kier molecular flexibility index (Phi) is 5.21. The average Bonchev–Trinajstić information content (AvgIpc) is 2.72. The lowest BCUT2D eigenvalue weighted by Crippen LogP contribution is -2.18. The third-order valence-electron chi connectivity index (χ3n) is 3.33. The number of halogens is 6. The largest absolute Gasteiger partial charge is 0.435 e. The molecule has 0 amide bonds. The molecule has 22 heavy (non-hydrogen) atoms. The van der Waals surface area contributed by atoms with Crippen LogP contribution >= 0.6 is 0 Å². The van der Waals surface area contributed by atoms with Crippen LogP contribution in [-0.4, -0.2) is 9.78 Å². The van der Waals surface area contributed by atoms with Crippen molar-refractivity contribution >= 4 is 0 Å². The van der Waals surface area contributed by atoms with E-state index in [-0.39, 0.29) is 4.68 Å². The van der Waals surface area contributed by atoms with Crippen molar-refractivity contribution in [3.05, 3.63) is 17.0 Å². The highest BCUT2D eigenvalue weighted by atomic mass is 19.4. The van der Waals surface area contributed by atoms with Crippen LogP contribution in [0.5, 0.6) is 0 Å². The van der Waals surface area contributed by atoms with E-state index in [1.165, 1.54) is 13.8 Å². The summed E-state index contributed by atoms with van der Waals surface area (Å²) in [4.78, 5) is 0. The molecule has 0 aliphatic carbocycles. The van der Waals surface area contributed by atoms with Crippen LogP contribution in [0.3, 0.4) is 0 Å². The third kappa shape index (κ3) is 3.76. The maximum absolute atomic E-state index is 13.1. The van der Waals surface area contributed by atoms with Gasteiger partial charge < -0.3 is 0 Å². The van der Waals surface area contributed by atoms with E-state index in [2.05, 4.69) is 16.9 Å². The normalized spacial score (nSPS) is 15.2. The maximum atomic E-state index is 13.1. The van der Waals surface area contributed by atoms with Gasteiger partial charge in [-0.2, -0.15) is 31.4 Å². The van der Waals surface area contributed by atoms with Gasteiger partial charge in [0.25, 0.3) is 0 Å². The summed E-state index contributed by atoms with van der Waals surface area (Å²) >= 11 is 0. The van der Waals surface area contributed by atoms with E-state index in [9.17, 15) is 26.3 Å². The molecule has 0 radical (unpaired) electrons. The second-order valence-electron chi connectivity index (χ2n) is 4.98. The second kappa shape index (κ2) is 6.23. The molecule has 124 valence electrons. The van der Waals surface area contributed by atoms with Crippen molar-refractivity contribution < 1.29 is 26.3 Å². The molecule has 2 atom stereocenters. The molecule has 0 N–H and O–H groups in total. The Labute approximate surface area is 124 Å². The Bertz CT molecular complexity index is 585. The topological polar surface area (TPSA) is 17.8 Å². The van der Waals surface area contributed by atoms with E-state index in [0.29, 0.717) is 6.42 Å². The number of alkyl halides is 6. The molecule has 0 fully saturated rings. The van der Waals surface area contributed by atoms with Gasteiger partial charge in [-0.05, 0) is 5.92 Å². The average molecular weight is 326 g/mol. The SMILES string of the molecule is CCC#CC(C)C(C)c1c(C(F)(F)F)nn(C)c1C(F)(F)F. The highest BCUT2D eigenvalue weighted by Gasteiger charge is 2.47. The Morgan fingerprint density at radius 1 is 1.09 bits per heavy atom. The predicted molar refractivity (Wildman–Crippen MR) is 68.9 cm³/mol. The second-order valence-corrected chi connectivity index (χ2v) is 4.98. The van der Waals surface area contributed by atoms with E-state index in [1.807, 2.05) is 0 Å². The minimum atomic E-state index is -4.96. The summed E-state index contributed by atoms with van der Waals surface area (Å²) in [5, 5.41) is 3.06. The van der Waals surface area contributed by atoms with Gasteiger partial charge in [0, 0.05) is 24.9 Å². The molecule has 1 rings (SSSR count). The van der Waals surface area contributed by atoms with Crippen LogP contribution in [0.1, 0.15) is 50.1 Å². The minimum Gasteiger partial charge on any atom is -0.263 e. The number of nitrogens with zero attached hydrogens (tertiary/aromatic N) is 2. The minimum absolute atomic E-state index is 0.245. The smallest absolute Gasteiger partial charge is 0.263 e. The van der Waals surface area contributed by atoms with Crippen molar-refractivity contribution in [3.63, 3.8) is 0 Å². The van der Waals surface area contributed by atoms with Crippen LogP contribution in [-0.2, 0) is 19.4 Å². The van der Waals surface area contributed by atoms with Crippen molar-refractivity contribution in [1.82, 2.24) is 9.78 Å². The molecular formula is C14H16F6N2. The number of aromatic nitrogens is 2. The molecule has 1 heterocycles. The van der Waals surface area contributed by atoms with Crippen molar-refractivity contribution in [2.45, 2.75) is 45.5 Å². The Morgan fingerprint density at radius 3 is 2.05 bits per heavy atom. The van der Waals surface area contributed by atoms with E-state index in [1.54, 1.807) is 6.92 Å². The lowest BCUT2D eigenvalue weighted by molar-refractivity contribution is -0.145. The molecule has 0 saturated carbocycles. The fourth-order valence-electron chi connectivity index (χ4n) is 2.16. The summed E-state index contributed by atoms with van der Waals surface area (Å²) in [6, 6.07) is 0. The molecular weight excluding hydrogens is 310 g/mol. The number of aryl methyl sites for hydroxylation is 1. The fraction of sp³-hybridized carbons (Fsp3) is 0.643. The lowest BCUT2D eigenvalue weighted by atomic mass is 9.87. The molecule has 2 nitrogen and oxygen atoms in total. The van der Waals surface area contributed by atoms with E-state index < -0.39 is 41.1 Å². The molecule has 1 aromatic rings. The first-order chi connectivity index (χ1) is 9.91. The van der Waals surface area contributed by atoms with Gasteiger partial charge in [-0.15, -0.1) is 5.92 Å².